The number of fused-ring (bicyclic) bond motifs is 1. The molecule has 0 fully saturated rings. The van der Waals surface area contributed by atoms with E-state index in [0.717, 1.165) is 0 Å². The molecule has 0 amide bonds. The maximum atomic E-state index is 5.94. The second-order valence-corrected chi connectivity index (χ2v) is 4.18. The van der Waals surface area contributed by atoms with Crippen LogP contribution in [0.4, 0.5) is 0 Å². The topological polar surface area (TPSA) is 38.9 Å². The molecule has 0 aromatic carbocycles. The van der Waals surface area contributed by atoms with Gasteiger partial charge in [0.15, 0.2) is 0 Å². The summed E-state index contributed by atoms with van der Waals surface area (Å²) in [6.45, 7) is 0. The number of nitrogens with two attached hydrogens (primary N) is 1. The van der Waals surface area contributed by atoms with Crippen molar-refractivity contribution in [2.75, 3.05) is 0 Å². The van der Waals surface area contributed by atoms with Crippen LogP contribution in [0.3, 0.4) is 0 Å². The molecule has 11 heavy (non-hydrogen) atoms. The SMILES string of the molecule is BC1Sc2cnccc2C1N. The van der Waals surface area contributed by atoms with Crippen molar-refractivity contribution in [2.45, 2.75) is 16.1 Å². The van der Waals surface area contributed by atoms with Crippen molar-refractivity contribution in [1.29, 1.82) is 0 Å². The van der Waals surface area contributed by atoms with Crippen LogP contribution in [0.15, 0.2) is 23.4 Å². The Kier molecular flexibility index (Phi) is 1.66. The zero-order valence-electron chi connectivity index (χ0n) is 6.32. The van der Waals surface area contributed by atoms with Gasteiger partial charge in [0.2, 0.25) is 0 Å². The van der Waals surface area contributed by atoms with Gasteiger partial charge in [0.1, 0.15) is 7.85 Å². The first-order valence-electron chi connectivity index (χ1n) is 3.65. The van der Waals surface area contributed by atoms with Crippen LogP contribution in [-0.2, 0) is 0 Å². The summed E-state index contributed by atoms with van der Waals surface area (Å²) in [6.07, 6.45) is 3.70. The van der Waals surface area contributed by atoms with E-state index < -0.39 is 0 Å². The molecule has 0 saturated carbocycles. The fourth-order valence-electron chi connectivity index (χ4n) is 1.29. The first-order valence-corrected chi connectivity index (χ1v) is 4.53. The third-order valence-corrected chi connectivity index (χ3v) is 3.25. The number of pyridine rings is 1. The van der Waals surface area contributed by atoms with Crippen molar-refractivity contribution in [2.24, 2.45) is 5.73 Å². The Labute approximate surface area is 71.0 Å². The first kappa shape index (κ1) is 7.19. The smallest absolute Gasteiger partial charge is 0.121 e. The van der Waals surface area contributed by atoms with Gasteiger partial charge in [-0.3, -0.25) is 4.98 Å². The molecular formula is C7H9BN2S. The Morgan fingerprint density at radius 1 is 1.64 bits per heavy atom. The van der Waals surface area contributed by atoms with E-state index in [2.05, 4.69) is 12.8 Å². The highest BCUT2D eigenvalue weighted by molar-refractivity contribution is 8.01. The lowest BCUT2D eigenvalue weighted by Crippen LogP contribution is -2.18. The van der Waals surface area contributed by atoms with Crippen LogP contribution in [0.1, 0.15) is 11.6 Å². The zero-order valence-corrected chi connectivity index (χ0v) is 7.14. The number of aromatic nitrogens is 1. The van der Waals surface area contributed by atoms with Crippen molar-refractivity contribution in [3.05, 3.63) is 24.0 Å². The Balaban J connectivity index is 2.47. The van der Waals surface area contributed by atoms with E-state index >= 15 is 0 Å². The fraction of sp³-hybridized carbons (Fsp3) is 0.286. The average molecular weight is 164 g/mol. The van der Waals surface area contributed by atoms with E-state index in [1.54, 1.807) is 6.20 Å². The third kappa shape index (κ3) is 1.06. The molecule has 0 saturated heterocycles. The largest absolute Gasteiger partial charge is 0.324 e. The molecule has 2 rings (SSSR count). The van der Waals surface area contributed by atoms with Crippen LogP contribution in [0.5, 0.6) is 0 Å². The number of thioether (sulfide) groups is 1. The molecule has 2 N–H and O–H groups in total. The molecule has 1 aromatic heterocycles. The minimum Gasteiger partial charge on any atom is -0.324 e. The summed E-state index contributed by atoms with van der Waals surface area (Å²) in [4.78, 5) is 5.29. The Morgan fingerprint density at radius 3 is 3.18 bits per heavy atom. The molecule has 0 aliphatic carbocycles. The van der Waals surface area contributed by atoms with Gasteiger partial charge in [0.05, 0.1) is 0 Å². The molecule has 2 heterocycles. The quantitative estimate of drug-likeness (QED) is 0.554. The van der Waals surface area contributed by atoms with Crippen LogP contribution in [-0.4, -0.2) is 18.0 Å². The lowest BCUT2D eigenvalue weighted by molar-refractivity contribution is 0.796. The Hall–Kier alpha value is -0.475. The summed E-state index contributed by atoms with van der Waals surface area (Å²) in [6, 6.07) is 2.20. The molecule has 56 valence electrons. The van der Waals surface area contributed by atoms with Crippen LogP contribution in [0.25, 0.3) is 0 Å². The predicted octanol–water partition coefficient (Wildman–Crippen LogP) is 0.146. The number of rotatable bonds is 0. The molecule has 1 aliphatic heterocycles. The molecule has 2 unspecified atom stereocenters. The molecule has 0 bridgehead atoms. The van der Waals surface area contributed by atoms with Gasteiger partial charge < -0.3 is 5.73 Å². The summed E-state index contributed by atoms with van der Waals surface area (Å²) in [7, 11) is 2.15. The number of hydrogen-bond acceptors (Lipinski definition) is 3. The highest BCUT2D eigenvalue weighted by Gasteiger charge is 2.26. The highest BCUT2D eigenvalue weighted by atomic mass is 32.2. The van der Waals surface area contributed by atoms with Gasteiger partial charge in [-0.25, -0.2) is 0 Å². The normalized spacial score (nSPS) is 28.5. The van der Waals surface area contributed by atoms with E-state index in [1.807, 2.05) is 24.0 Å². The van der Waals surface area contributed by atoms with E-state index in [-0.39, 0.29) is 6.04 Å². The third-order valence-electron chi connectivity index (χ3n) is 1.99. The van der Waals surface area contributed by atoms with Gasteiger partial charge in [0, 0.05) is 23.3 Å². The van der Waals surface area contributed by atoms with Crippen molar-refractivity contribution in [1.82, 2.24) is 4.98 Å². The first-order chi connectivity index (χ1) is 5.29. The molecule has 2 nitrogen and oxygen atoms in total. The minimum atomic E-state index is 0.193. The second-order valence-electron chi connectivity index (χ2n) is 2.76. The van der Waals surface area contributed by atoms with Crippen molar-refractivity contribution >= 4 is 19.6 Å². The van der Waals surface area contributed by atoms with Crippen molar-refractivity contribution in [3.8, 4) is 0 Å². The van der Waals surface area contributed by atoms with Gasteiger partial charge >= 0.3 is 0 Å². The van der Waals surface area contributed by atoms with Crippen LogP contribution in [0, 0.1) is 0 Å². The van der Waals surface area contributed by atoms with Crippen LogP contribution in [0.2, 0.25) is 0 Å². The molecular weight excluding hydrogens is 155 g/mol. The summed E-state index contributed by atoms with van der Waals surface area (Å²) >= 11 is 1.81. The second kappa shape index (κ2) is 2.53. The van der Waals surface area contributed by atoms with Crippen molar-refractivity contribution < 1.29 is 0 Å². The van der Waals surface area contributed by atoms with Gasteiger partial charge in [-0.05, 0) is 16.8 Å². The van der Waals surface area contributed by atoms with E-state index in [4.69, 9.17) is 5.73 Å². The van der Waals surface area contributed by atoms with E-state index in [1.165, 1.54) is 10.5 Å². The van der Waals surface area contributed by atoms with Crippen molar-refractivity contribution in [3.63, 3.8) is 0 Å². The van der Waals surface area contributed by atoms with E-state index in [9.17, 15) is 0 Å². The molecule has 4 heteroatoms. The van der Waals surface area contributed by atoms with Crippen LogP contribution < -0.4 is 5.73 Å². The molecule has 0 spiro atoms. The monoisotopic (exact) mass is 164 g/mol. The molecule has 2 atom stereocenters. The Morgan fingerprint density at radius 2 is 2.45 bits per heavy atom. The lowest BCUT2D eigenvalue weighted by atomic mass is 9.93. The minimum absolute atomic E-state index is 0.193. The molecule has 1 aliphatic rings. The highest BCUT2D eigenvalue weighted by Crippen LogP contribution is 2.40. The van der Waals surface area contributed by atoms with Gasteiger partial charge in [-0.15, -0.1) is 11.8 Å². The number of nitrogens with zero attached hydrogens (tertiary/aromatic N) is 1. The maximum Gasteiger partial charge on any atom is 0.121 e. The molecule has 0 radical (unpaired) electrons. The summed E-state index contributed by atoms with van der Waals surface area (Å²) < 4.78 is 0. The predicted molar refractivity (Wildman–Crippen MR) is 49.4 cm³/mol. The van der Waals surface area contributed by atoms with Gasteiger partial charge in [0.25, 0.3) is 0 Å². The average Bonchev–Trinajstić information content (AvgIpc) is 2.30. The summed E-state index contributed by atoms with van der Waals surface area (Å²) in [5, 5.41) is 0.495. The van der Waals surface area contributed by atoms with Gasteiger partial charge in [-0.2, -0.15) is 0 Å². The lowest BCUT2D eigenvalue weighted by Gasteiger charge is -2.07. The van der Waals surface area contributed by atoms with Crippen LogP contribution >= 0.6 is 11.8 Å². The maximum absolute atomic E-state index is 5.94. The summed E-state index contributed by atoms with van der Waals surface area (Å²) in [5.41, 5.74) is 7.19. The summed E-state index contributed by atoms with van der Waals surface area (Å²) in [5.74, 6) is 0. The standard InChI is InChI=1S/C7H9BN2S/c8-7-6(9)4-1-2-10-3-5(4)11-7/h1-3,6-7H,8-9H2. The van der Waals surface area contributed by atoms with Gasteiger partial charge in [-0.1, -0.05) is 0 Å². The zero-order chi connectivity index (χ0) is 7.84. The molecule has 1 aromatic rings. The number of hydrogen-bond donors (Lipinski definition) is 1. The Bertz CT molecular complexity index is 279. The van der Waals surface area contributed by atoms with E-state index in [0.29, 0.717) is 5.15 Å². The fourth-order valence-corrected chi connectivity index (χ4v) is 2.45.